The lowest BCUT2D eigenvalue weighted by molar-refractivity contribution is 0.239. The molecule has 86 valence electrons. The molecular formula is C13H23NS. The number of hydrogen-bond acceptors (Lipinski definition) is 2. The Morgan fingerprint density at radius 2 is 2.13 bits per heavy atom. The maximum atomic E-state index is 3.55. The average molecular weight is 225 g/mol. The second-order valence-electron chi connectivity index (χ2n) is 5.20. The standard InChI is InChI=1S/C13H23NS/c1-11(2)13(3,4)10-14-7-5-12-6-8-15-9-12/h6,8-9,11,14H,5,7,10H2,1-4H3. The monoisotopic (exact) mass is 225 g/mol. The van der Waals surface area contributed by atoms with Crippen LogP contribution in [0.2, 0.25) is 0 Å². The first-order chi connectivity index (χ1) is 7.02. The molecule has 0 unspecified atom stereocenters. The Kier molecular flexibility index (Phi) is 4.81. The maximum Gasteiger partial charge on any atom is 0.000509 e. The Morgan fingerprint density at radius 1 is 1.40 bits per heavy atom. The molecule has 1 nitrogen and oxygen atoms in total. The van der Waals surface area contributed by atoms with Gasteiger partial charge in [0.2, 0.25) is 0 Å². The summed E-state index contributed by atoms with van der Waals surface area (Å²) in [6.07, 6.45) is 1.15. The van der Waals surface area contributed by atoms with Gasteiger partial charge in [-0.15, -0.1) is 0 Å². The van der Waals surface area contributed by atoms with E-state index in [9.17, 15) is 0 Å². The van der Waals surface area contributed by atoms with Gasteiger partial charge in [-0.1, -0.05) is 27.7 Å². The van der Waals surface area contributed by atoms with Gasteiger partial charge in [-0.2, -0.15) is 11.3 Å². The normalized spacial score (nSPS) is 12.3. The van der Waals surface area contributed by atoms with Crippen LogP contribution in [-0.2, 0) is 6.42 Å². The van der Waals surface area contributed by atoms with Gasteiger partial charge in [0.25, 0.3) is 0 Å². The zero-order valence-corrected chi connectivity index (χ0v) is 11.2. The minimum absolute atomic E-state index is 0.397. The number of thiophene rings is 1. The molecule has 0 bridgehead atoms. The second kappa shape index (κ2) is 5.66. The molecule has 0 aliphatic rings. The van der Waals surface area contributed by atoms with Crippen molar-refractivity contribution in [2.75, 3.05) is 13.1 Å². The van der Waals surface area contributed by atoms with Crippen LogP contribution in [0.1, 0.15) is 33.3 Å². The maximum absolute atomic E-state index is 3.55. The average Bonchev–Trinajstić information content (AvgIpc) is 2.64. The molecule has 2 heteroatoms. The lowest BCUT2D eigenvalue weighted by Gasteiger charge is -2.29. The van der Waals surface area contributed by atoms with Crippen molar-refractivity contribution in [2.24, 2.45) is 11.3 Å². The fourth-order valence-corrected chi connectivity index (χ4v) is 1.99. The summed E-state index contributed by atoms with van der Waals surface area (Å²) in [7, 11) is 0. The van der Waals surface area contributed by atoms with Crippen LogP contribution in [0.3, 0.4) is 0 Å². The van der Waals surface area contributed by atoms with Gasteiger partial charge in [0.05, 0.1) is 0 Å². The van der Waals surface area contributed by atoms with Crippen molar-refractivity contribution < 1.29 is 0 Å². The molecule has 0 amide bonds. The van der Waals surface area contributed by atoms with Gasteiger partial charge in [-0.3, -0.25) is 0 Å². The van der Waals surface area contributed by atoms with E-state index in [4.69, 9.17) is 0 Å². The fourth-order valence-electron chi connectivity index (χ4n) is 1.28. The van der Waals surface area contributed by atoms with E-state index < -0.39 is 0 Å². The Morgan fingerprint density at radius 3 is 2.67 bits per heavy atom. The predicted molar refractivity (Wildman–Crippen MR) is 69.5 cm³/mol. The zero-order chi connectivity index (χ0) is 11.3. The highest BCUT2D eigenvalue weighted by molar-refractivity contribution is 7.07. The first-order valence-corrected chi connectivity index (χ1v) is 6.68. The first kappa shape index (κ1) is 12.7. The molecule has 0 atom stereocenters. The van der Waals surface area contributed by atoms with E-state index in [0.717, 1.165) is 25.4 Å². The van der Waals surface area contributed by atoms with Crippen molar-refractivity contribution in [3.63, 3.8) is 0 Å². The van der Waals surface area contributed by atoms with Crippen molar-refractivity contribution in [1.29, 1.82) is 0 Å². The van der Waals surface area contributed by atoms with Gasteiger partial charge in [0, 0.05) is 6.54 Å². The van der Waals surface area contributed by atoms with E-state index in [-0.39, 0.29) is 0 Å². The molecule has 0 aromatic carbocycles. The lowest BCUT2D eigenvalue weighted by Crippen LogP contribution is -2.34. The molecule has 1 heterocycles. The van der Waals surface area contributed by atoms with Crippen molar-refractivity contribution >= 4 is 11.3 Å². The third-order valence-electron chi connectivity index (χ3n) is 3.31. The number of nitrogens with one attached hydrogen (secondary N) is 1. The Bertz CT molecular complexity index is 262. The molecule has 1 N–H and O–H groups in total. The topological polar surface area (TPSA) is 12.0 Å². The van der Waals surface area contributed by atoms with Crippen LogP contribution in [0, 0.1) is 11.3 Å². The van der Waals surface area contributed by atoms with Crippen LogP contribution in [0.4, 0.5) is 0 Å². The molecule has 0 radical (unpaired) electrons. The fraction of sp³-hybridized carbons (Fsp3) is 0.692. The summed E-state index contributed by atoms with van der Waals surface area (Å²) in [6.45, 7) is 11.4. The van der Waals surface area contributed by atoms with Gasteiger partial charge in [0.15, 0.2) is 0 Å². The molecule has 0 fully saturated rings. The molecule has 1 aromatic rings. The largest absolute Gasteiger partial charge is 0.316 e. The van der Waals surface area contributed by atoms with Gasteiger partial charge in [-0.25, -0.2) is 0 Å². The summed E-state index contributed by atoms with van der Waals surface area (Å²) in [6, 6.07) is 2.21. The van der Waals surface area contributed by atoms with E-state index in [0.29, 0.717) is 5.41 Å². The third kappa shape index (κ3) is 4.35. The minimum Gasteiger partial charge on any atom is -0.316 e. The highest BCUT2D eigenvalue weighted by atomic mass is 32.1. The van der Waals surface area contributed by atoms with Gasteiger partial charge < -0.3 is 5.32 Å². The SMILES string of the molecule is CC(C)C(C)(C)CNCCc1ccsc1. The Balaban J connectivity index is 2.17. The number of hydrogen-bond donors (Lipinski definition) is 1. The highest BCUT2D eigenvalue weighted by Crippen LogP contribution is 2.24. The van der Waals surface area contributed by atoms with Crippen LogP contribution >= 0.6 is 11.3 Å². The van der Waals surface area contributed by atoms with Crippen LogP contribution in [0.5, 0.6) is 0 Å². The summed E-state index contributed by atoms with van der Waals surface area (Å²) < 4.78 is 0. The minimum atomic E-state index is 0.397. The van der Waals surface area contributed by atoms with Crippen LogP contribution in [-0.4, -0.2) is 13.1 Å². The van der Waals surface area contributed by atoms with E-state index in [1.807, 2.05) is 0 Å². The van der Waals surface area contributed by atoms with Crippen molar-refractivity contribution in [3.8, 4) is 0 Å². The van der Waals surface area contributed by atoms with E-state index >= 15 is 0 Å². The molecule has 15 heavy (non-hydrogen) atoms. The van der Waals surface area contributed by atoms with Crippen LogP contribution < -0.4 is 5.32 Å². The van der Waals surface area contributed by atoms with Gasteiger partial charge in [0.1, 0.15) is 0 Å². The van der Waals surface area contributed by atoms with E-state index in [1.54, 1.807) is 11.3 Å². The van der Waals surface area contributed by atoms with Crippen molar-refractivity contribution in [2.45, 2.75) is 34.1 Å². The van der Waals surface area contributed by atoms with E-state index in [1.165, 1.54) is 5.56 Å². The summed E-state index contributed by atoms with van der Waals surface area (Å²) in [5.74, 6) is 0.728. The Hall–Kier alpha value is -0.340. The Labute approximate surface area is 97.9 Å². The van der Waals surface area contributed by atoms with Crippen molar-refractivity contribution in [3.05, 3.63) is 22.4 Å². The molecule has 1 aromatic heterocycles. The zero-order valence-electron chi connectivity index (χ0n) is 10.3. The summed E-state index contributed by atoms with van der Waals surface area (Å²) in [5.41, 5.74) is 1.85. The third-order valence-corrected chi connectivity index (χ3v) is 4.05. The predicted octanol–water partition coefficient (Wildman–Crippen LogP) is 3.56. The lowest BCUT2D eigenvalue weighted by atomic mass is 9.81. The summed E-state index contributed by atoms with van der Waals surface area (Å²) in [5, 5.41) is 7.93. The molecule has 0 aliphatic carbocycles. The highest BCUT2D eigenvalue weighted by Gasteiger charge is 2.21. The summed E-state index contributed by atoms with van der Waals surface area (Å²) >= 11 is 1.78. The molecule has 0 aliphatic heterocycles. The molecular weight excluding hydrogens is 202 g/mol. The van der Waals surface area contributed by atoms with Crippen LogP contribution in [0.15, 0.2) is 16.8 Å². The molecule has 0 spiro atoms. The first-order valence-electron chi connectivity index (χ1n) is 5.74. The number of rotatable bonds is 6. The van der Waals surface area contributed by atoms with Gasteiger partial charge >= 0.3 is 0 Å². The molecule has 0 saturated heterocycles. The summed E-state index contributed by atoms with van der Waals surface area (Å²) in [4.78, 5) is 0. The molecule has 0 saturated carbocycles. The van der Waals surface area contributed by atoms with Crippen molar-refractivity contribution in [1.82, 2.24) is 5.32 Å². The quantitative estimate of drug-likeness (QED) is 0.730. The molecule has 1 rings (SSSR count). The smallest absolute Gasteiger partial charge is 0.000509 e. The van der Waals surface area contributed by atoms with Crippen LogP contribution in [0.25, 0.3) is 0 Å². The second-order valence-corrected chi connectivity index (χ2v) is 5.98. The van der Waals surface area contributed by atoms with E-state index in [2.05, 4.69) is 49.8 Å². The van der Waals surface area contributed by atoms with Gasteiger partial charge in [-0.05, 0) is 46.7 Å².